The van der Waals surface area contributed by atoms with Crippen LogP contribution in [0.2, 0.25) is 0 Å². The van der Waals surface area contributed by atoms with Crippen LogP contribution in [0.15, 0.2) is 18.2 Å². The van der Waals surface area contributed by atoms with Gasteiger partial charge in [0.1, 0.15) is 0 Å². The number of carbonyl (C=O) groups is 1. The van der Waals surface area contributed by atoms with Gasteiger partial charge in [0.15, 0.2) is 0 Å². The van der Waals surface area contributed by atoms with Gasteiger partial charge in [0.05, 0.1) is 17.2 Å². The van der Waals surface area contributed by atoms with Gasteiger partial charge in [0, 0.05) is 26.2 Å². The van der Waals surface area contributed by atoms with Crippen molar-refractivity contribution in [3.05, 3.63) is 34.9 Å². The number of alkyl halides is 6. The van der Waals surface area contributed by atoms with Crippen molar-refractivity contribution < 1.29 is 31.1 Å². The number of likely N-dealkylation sites (tertiary alicyclic amines) is 2. The Balaban J connectivity index is 1.57. The van der Waals surface area contributed by atoms with Crippen LogP contribution in [0.3, 0.4) is 0 Å². The third-order valence-corrected chi connectivity index (χ3v) is 5.70. The molecule has 1 amide bonds. The molecule has 2 saturated heterocycles. The summed E-state index contributed by atoms with van der Waals surface area (Å²) in [6.07, 6.45) is -5.61. The van der Waals surface area contributed by atoms with Crippen molar-refractivity contribution in [3.8, 4) is 0 Å². The second-order valence-corrected chi connectivity index (χ2v) is 7.87. The number of halogens is 6. The van der Waals surface area contributed by atoms with Gasteiger partial charge in [0.25, 0.3) is 0 Å². The van der Waals surface area contributed by atoms with E-state index in [0.29, 0.717) is 18.6 Å². The number of hydrogen-bond donors (Lipinski definition) is 1. The molecule has 2 aliphatic heterocycles. The van der Waals surface area contributed by atoms with Gasteiger partial charge in [0.2, 0.25) is 5.91 Å². The summed E-state index contributed by atoms with van der Waals surface area (Å²) in [7, 11) is 0. The Morgan fingerprint density at radius 2 is 1.50 bits per heavy atom. The van der Waals surface area contributed by atoms with Crippen LogP contribution in [0.5, 0.6) is 0 Å². The standard InChI is InChI=1S/C20H25F6N3O/c21-19(22,23)15-10-14(11-16(12-15)20(24,25)26)13-27-18(30)17-4-7-29(17)9-8-28-5-2-1-3-6-28/h10-12,17H,1-9,13H2,(H,27,30)/t17-/m0/s1. The quantitative estimate of drug-likeness (QED) is 0.686. The van der Waals surface area contributed by atoms with Gasteiger partial charge in [-0.05, 0) is 56.1 Å². The van der Waals surface area contributed by atoms with Gasteiger partial charge in [-0.15, -0.1) is 0 Å². The van der Waals surface area contributed by atoms with Crippen LogP contribution < -0.4 is 5.32 Å². The molecule has 0 aliphatic carbocycles. The third kappa shape index (κ3) is 5.87. The average Bonchev–Trinajstić information content (AvgIpc) is 2.65. The Bertz CT molecular complexity index is 711. The minimum Gasteiger partial charge on any atom is -0.351 e. The van der Waals surface area contributed by atoms with Gasteiger partial charge < -0.3 is 10.2 Å². The maximum absolute atomic E-state index is 13.0. The highest BCUT2D eigenvalue weighted by molar-refractivity contribution is 5.82. The van der Waals surface area contributed by atoms with Crippen LogP contribution in [0.1, 0.15) is 42.4 Å². The van der Waals surface area contributed by atoms with E-state index < -0.39 is 23.5 Å². The predicted octanol–water partition coefficient (Wildman–Crippen LogP) is 3.90. The topological polar surface area (TPSA) is 35.6 Å². The number of carbonyl (C=O) groups excluding carboxylic acids is 1. The van der Waals surface area contributed by atoms with Crippen LogP contribution in [-0.4, -0.2) is 54.5 Å². The van der Waals surface area contributed by atoms with Crippen molar-refractivity contribution in [2.24, 2.45) is 0 Å². The Morgan fingerprint density at radius 1 is 0.900 bits per heavy atom. The number of nitrogens with zero attached hydrogens (tertiary/aromatic N) is 2. The van der Waals surface area contributed by atoms with Crippen molar-refractivity contribution >= 4 is 5.91 Å². The van der Waals surface area contributed by atoms with Gasteiger partial charge in [-0.25, -0.2) is 0 Å². The first-order valence-corrected chi connectivity index (χ1v) is 10.1. The largest absolute Gasteiger partial charge is 0.416 e. The highest BCUT2D eigenvalue weighted by Crippen LogP contribution is 2.36. The number of benzene rings is 1. The third-order valence-electron chi connectivity index (χ3n) is 5.70. The molecule has 3 rings (SSSR count). The zero-order valence-electron chi connectivity index (χ0n) is 16.5. The van der Waals surface area contributed by atoms with E-state index in [1.54, 1.807) is 0 Å². The molecule has 0 spiro atoms. The second kappa shape index (κ2) is 9.13. The monoisotopic (exact) mass is 437 g/mol. The lowest BCUT2D eigenvalue weighted by atomic mass is 10.0. The molecule has 10 heteroatoms. The summed E-state index contributed by atoms with van der Waals surface area (Å²) in [5.41, 5.74) is -2.99. The molecule has 0 aromatic heterocycles. The lowest BCUT2D eigenvalue weighted by Gasteiger charge is -2.41. The molecule has 168 valence electrons. The van der Waals surface area contributed by atoms with Gasteiger partial charge in [-0.2, -0.15) is 26.3 Å². The maximum atomic E-state index is 13.0. The number of hydrogen-bond acceptors (Lipinski definition) is 3. The normalized spacial score (nSPS) is 21.3. The zero-order chi connectivity index (χ0) is 21.9. The lowest BCUT2D eigenvalue weighted by molar-refractivity contribution is -0.143. The van der Waals surface area contributed by atoms with E-state index in [9.17, 15) is 31.1 Å². The average molecular weight is 437 g/mol. The molecular weight excluding hydrogens is 412 g/mol. The second-order valence-electron chi connectivity index (χ2n) is 7.87. The molecule has 0 saturated carbocycles. The van der Waals surface area contributed by atoms with Crippen molar-refractivity contribution in [1.82, 2.24) is 15.1 Å². The van der Waals surface area contributed by atoms with Crippen LogP contribution in [0, 0.1) is 0 Å². The van der Waals surface area contributed by atoms with Crippen molar-refractivity contribution in [2.75, 3.05) is 32.7 Å². The Morgan fingerprint density at radius 3 is 2.00 bits per heavy atom. The Hall–Kier alpha value is -1.81. The van der Waals surface area contributed by atoms with E-state index in [0.717, 1.165) is 32.7 Å². The van der Waals surface area contributed by atoms with Crippen LogP contribution >= 0.6 is 0 Å². The number of nitrogens with one attached hydrogen (secondary N) is 1. The minimum absolute atomic E-state index is 0.0829. The highest BCUT2D eigenvalue weighted by Gasteiger charge is 2.37. The van der Waals surface area contributed by atoms with Gasteiger partial charge in [-0.3, -0.25) is 9.69 Å². The molecule has 1 aromatic carbocycles. The van der Waals surface area contributed by atoms with Crippen LogP contribution in [0.4, 0.5) is 26.3 Å². The molecule has 2 fully saturated rings. The smallest absolute Gasteiger partial charge is 0.351 e. The van der Waals surface area contributed by atoms with E-state index in [4.69, 9.17) is 0 Å². The van der Waals surface area contributed by atoms with E-state index in [1.165, 1.54) is 19.3 Å². The number of piperidine rings is 1. The molecule has 0 bridgehead atoms. The summed E-state index contributed by atoms with van der Waals surface area (Å²) in [6.45, 7) is 4.03. The molecule has 1 N–H and O–H groups in total. The first-order chi connectivity index (χ1) is 14.0. The van der Waals surface area contributed by atoms with Crippen molar-refractivity contribution in [3.63, 3.8) is 0 Å². The van der Waals surface area contributed by atoms with Crippen LogP contribution in [0.25, 0.3) is 0 Å². The highest BCUT2D eigenvalue weighted by atomic mass is 19.4. The molecular formula is C20H25F6N3O. The van der Waals surface area contributed by atoms with Crippen molar-refractivity contribution in [1.29, 1.82) is 0 Å². The molecule has 1 atom stereocenters. The lowest BCUT2D eigenvalue weighted by Crippen LogP contribution is -2.57. The fourth-order valence-corrected chi connectivity index (χ4v) is 3.89. The molecule has 4 nitrogen and oxygen atoms in total. The molecule has 2 heterocycles. The van der Waals surface area contributed by atoms with E-state index in [1.807, 2.05) is 4.90 Å². The SMILES string of the molecule is O=C(NCc1cc(C(F)(F)F)cc(C(F)(F)F)c1)[C@@H]1CCN1CCN1CCCCC1. The predicted molar refractivity (Wildman–Crippen MR) is 98.6 cm³/mol. The van der Waals surface area contributed by atoms with E-state index in [2.05, 4.69) is 10.2 Å². The summed E-state index contributed by atoms with van der Waals surface area (Å²) in [5.74, 6) is -0.370. The fourth-order valence-electron chi connectivity index (χ4n) is 3.89. The molecule has 0 unspecified atom stereocenters. The first kappa shape index (κ1) is 22.9. The van der Waals surface area contributed by atoms with E-state index >= 15 is 0 Å². The number of amides is 1. The fraction of sp³-hybridized carbons (Fsp3) is 0.650. The summed E-state index contributed by atoms with van der Waals surface area (Å²) >= 11 is 0. The van der Waals surface area contributed by atoms with Crippen molar-refractivity contribution in [2.45, 2.75) is 50.6 Å². The van der Waals surface area contributed by atoms with Crippen LogP contribution in [-0.2, 0) is 23.7 Å². The number of rotatable bonds is 6. The molecule has 0 radical (unpaired) electrons. The van der Waals surface area contributed by atoms with Gasteiger partial charge in [-0.1, -0.05) is 6.42 Å². The molecule has 1 aromatic rings. The first-order valence-electron chi connectivity index (χ1n) is 10.1. The molecule has 2 aliphatic rings. The Kier molecular flexibility index (Phi) is 6.96. The summed E-state index contributed by atoms with van der Waals surface area (Å²) in [5, 5.41) is 2.50. The summed E-state index contributed by atoms with van der Waals surface area (Å²) < 4.78 is 77.7. The zero-order valence-corrected chi connectivity index (χ0v) is 16.5. The van der Waals surface area contributed by atoms with E-state index in [-0.39, 0.29) is 30.1 Å². The summed E-state index contributed by atoms with van der Waals surface area (Å²) in [4.78, 5) is 16.8. The maximum Gasteiger partial charge on any atom is 0.416 e. The van der Waals surface area contributed by atoms with Gasteiger partial charge >= 0.3 is 12.4 Å². The molecule has 30 heavy (non-hydrogen) atoms. The minimum atomic E-state index is -4.90. The summed E-state index contributed by atoms with van der Waals surface area (Å²) in [6, 6.07) is 0.983. The Labute approximate surface area is 171 Å².